The van der Waals surface area contributed by atoms with Crippen molar-refractivity contribution in [3.8, 4) is 5.69 Å². The molecule has 1 aromatic heterocycles. The van der Waals surface area contributed by atoms with Crippen molar-refractivity contribution < 1.29 is 14.0 Å². The molecule has 7 heteroatoms. The summed E-state index contributed by atoms with van der Waals surface area (Å²) in [6.07, 6.45) is 1.39. The van der Waals surface area contributed by atoms with E-state index in [9.17, 15) is 14.0 Å². The third-order valence-corrected chi connectivity index (χ3v) is 4.74. The Kier molecular flexibility index (Phi) is 5.57. The number of carbonyl (C=O) groups is 2. The standard InChI is InChI=1S/C24H19FN4O2/c1-16-7-5-6-10-20(16)23(30)28-22-21(15-26-29(22)19-8-3-2-4-9-19)24(31)27-18-13-11-17(25)12-14-18/h2-15H,1H3,(H,27,31)(H,28,30). The maximum atomic E-state index is 13.2. The van der Waals surface area contributed by atoms with Crippen LogP contribution in [0.2, 0.25) is 0 Å². The lowest BCUT2D eigenvalue weighted by Crippen LogP contribution is -2.20. The fraction of sp³-hybridized carbons (Fsp3) is 0.0417. The van der Waals surface area contributed by atoms with Crippen LogP contribution in [0.1, 0.15) is 26.3 Å². The van der Waals surface area contributed by atoms with Crippen LogP contribution in [0.5, 0.6) is 0 Å². The van der Waals surface area contributed by atoms with Gasteiger partial charge in [0.25, 0.3) is 11.8 Å². The van der Waals surface area contributed by atoms with Crippen molar-refractivity contribution in [2.24, 2.45) is 0 Å². The normalized spacial score (nSPS) is 10.5. The van der Waals surface area contributed by atoms with Gasteiger partial charge in [0.15, 0.2) is 0 Å². The molecule has 4 aromatic rings. The largest absolute Gasteiger partial charge is 0.322 e. The van der Waals surface area contributed by atoms with Gasteiger partial charge in [-0.15, -0.1) is 0 Å². The summed E-state index contributed by atoms with van der Waals surface area (Å²) in [5.74, 6) is -0.999. The molecule has 0 fully saturated rings. The van der Waals surface area contributed by atoms with Gasteiger partial charge >= 0.3 is 0 Å². The number of anilines is 2. The number of nitrogens with one attached hydrogen (secondary N) is 2. The van der Waals surface area contributed by atoms with E-state index in [1.54, 1.807) is 12.1 Å². The molecule has 2 N–H and O–H groups in total. The summed E-state index contributed by atoms with van der Waals surface area (Å²) in [7, 11) is 0. The van der Waals surface area contributed by atoms with E-state index < -0.39 is 11.7 Å². The number of rotatable bonds is 5. The van der Waals surface area contributed by atoms with E-state index >= 15 is 0 Å². The molecule has 31 heavy (non-hydrogen) atoms. The minimum absolute atomic E-state index is 0.176. The van der Waals surface area contributed by atoms with Crippen LogP contribution in [0.25, 0.3) is 5.69 Å². The Morgan fingerprint density at radius 1 is 0.806 bits per heavy atom. The molecular formula is C24H19FN4O2. The SMILES string of the molecule is Cc1ccccc1C(=O)Nc1c(C(=O)Nc2ccc(F)cc2)cnn1-c1ccccc1. The lowest BCUT2D eigenvalue weighted by molar-refractivity contribution is 0.102. The first-order valence-corrected chi connectivity index (χ1v) is 9.60. The molecular weight excluding hydrogens is 395 g/mol. The zero-order valence-corrected chi connectivity index (χ0v) is 16.7. The fourth-order valence-electron chi connectivity index (χ4n) is 3.13. The smallest absolute Gasteiger partial charge is 0.261 e. The van der Waals surface area contributed by atoms with E-state index in [2.05, 4.69) is 15.7 Å². The van der Waals surface area contributed by atoms with Gasteiger partial charge in [0, 0.05) is 11.3 Å². The Hall–Kier alpha value is -4.26. The predicted octanol–water partition coefficient (Wildman–Crippen LogP) is 4.82. The van der Waals surface area contributed by atoms with Crippen LogP contribution >= 0.6 is 0 Å². The van der Waals surface area contributed by atoms with Crippen LogP contribution in [0.4, 0.5) is 15.9 Å². The molecule has 0 aliphatic heterocycles. The molecule has 0 spiro atoms. The van der Waals surface area contributed by atoms with Crippen molar-refractivity contribution in [1.29, 1.82) is 0 Å². The van der Waals surface area contributed by atoms with Crippen molar-refractivity contribution in [1.82, 2.24) is 9.78 Å². The van der Waals surface area contributed by atoms with E-state index in [1.807, 2.05) is 49.4 Å². The third kappa shape index (κ3) is 4.35. The fourth-order valence-corrected chi connectivity index (χ4v) is 3.13. The number of nitrogens with zero attached hydrogens (tertiary/aromatic N) is 2. The molecule has 0 bridgehead atoms. The Labute approximate surface area is 178 Å². The lowest BCUT2D eigenvalue weighted by Gasteiger charge is -2.12. The second-order valence-electron chi connectivity index (χ2n) is 6.88. The number of aromatic nitrogens is 2. The molecule has 154 valence electrons. The summed E-state index contributed by atoms with van der Waals surface area (Å²) in [4.78, 5) is 25.9. The highest BCUT2D eigenvalue weighted by Gasteiger charge is 2.22. The zero-order chi connectivity index (χ0) is 21.8. The van der Waals surface area contributed by atoms with E-state index in [4.69, 9.17) is 0 Å². The number of carbonyl (C=O) groups excluding carboxylic acids is 2. The summed E-state index contributed by atoms with van der Waals surface area (Å²) in [6.45, 7) is 1.84. The second-order valence-corrected chi connectivity index (χ2v) is 6.88. The van der Waals surface area contributed by atoms with Crippen LogP contribution in [0.15, 0.2) is 85.1 Å². The second kappa shape index (κ2) is 8.62. The number of hydrogen-bond donors (Lipinski definition) is 2. The minimum Gasteiger partial charge on any atom is -0.322 e. The third-order valence-electron chi connectivity index (χ3n) is 4.74. The van der Waals surface area contributed by atoms with Crippen molar-refractivity contribution in [3.05, 3.63) is 108 Å². The minimum atomic E-state index is -0.478. The average molecular weight is 414 g/mol. The Balaban J connectivity index is 1.71. The Bertz CT molecular complexity index is 1230. The summed E-state index contributed by atoms with van der Waals surface area (Å²) in [6, 6.07) is 21.8. The van der Waals surface area contributed by atoms with Gasteiger partial charge in [0.1, 0.15) is 17.2 Å². The summed E-state index contributed by atoms with van der Waals surface area (Å²) in [5, 5.41) is 9.85. The van der Waals surface area contributed by atoms with Crippen LogP contribution < -0.4 is 10.6 Å². The molecule has 1 heterocycles. The molecule has 2 amide bonds. The van der Waals surface area contributed by atoms with Crippen LogP contribution in [-0.2, 0) is 0 Å². The van der Waals surface area contributed by atoms with E-state index in [-0.39, 0.29) is 17.3 Å². The summed E-state index contributed by atoms with van der Waals surface area (Å²) < 4.78 is 14.7. The van der Waals surface area contributed by atoms with Crippen LogP contribution in [0.3, 0.4) is 0 Å². The molecule has 0 radical (unpaired) electrons. The maximum Gasteiger partial charge on any atom is 0.261 e. The van der Waals surface area contributed by atoms with Crippen molar-refractivity contribution >= 4 is 23.3 Å². The predicted molar refractivity (Wildman–Crippen MR) is 117 cm³/mol. The summed E-state index contributed by atoms with van der Waals surface area (Å²) in [5.41, 5.74) is 2.59. The van der Waals surface area contributed by atoms with Crippen molar-refractivity contribution in [2.75, 3.05) is 10.6 Å². The molecule has 0 saturated heterocycles. The molecule has 6 nitrogen and oxygen atoms in total. The topological polar surface area (TPSA) is 76.0 Å². The number of hydrogen-bond acceptors (Lipinski definition) is 3. The monoisotopic (exact) mass is 414 g/mol. The van der Waals surface area contributed by atoms with Gasteiger partial charge < -0.3 is 10.6 Å². The highest BCUT2D eigenvalue weighted by Crippen LogP contribution is 2.23. The van der Waals surface area contributed by atoms with Gasteiger partial charge in [0.05, 0.1) is 11.9 Å². The molecule has 0 aliphatic rings. The zero-order valence-electron chi connectivity index (χ0n) is 16.7. The highest BCUT2D eigenvalue weighted by atomic mass is 19.1. The van der Waals surface area contributed by atoms with Crippen LogP contribution in [0, 0.1) is 12.7 Å². The Morgan fingerprint density at radius 3 is 2.16 bits per heavy atom. The van der Waals surface area contributed by atoms with E-state index in [1.165, 1.54) is 35.1 Å². The number of halogens is 1. The van der Waals surface area contributed by atoms with Crippen LogP contribution in [-0.4, -0.2) is 21.6 Å². The number of para-hydroxylation sites is 1. The molecule has 4 rings (SSSR count). The molecule has 0 saturated carbocycles. The van der Waals surface area contributed by atoms with Gasteiger partial charge in [-0.2, -0.15) is 5.10 Å². The lowest BCUT2D eigenvalue weighted by atomic mass is 10.1. The number of benzene rings is 3. The highest BCUT2D eigenvalue weighted by molar-refractivity contribution is 6.12. The van der Waals surface area contributed by atoms with Gasteiger partial charge in [-0.1, -0.05) is 36.4 Å². The molecule has 0 aliphatic carbocycles. The van der Waals surface area contributed by atoms with Gasteiger partial charge in [-0.3, -0.25) is 9.59 Å². The quantitative estimate of drug-likeness (QED) is 0.491. The molecule has 0 atom stereocenters. The Morgan fingerprint density at radius 2 is 1.45 bits per heavy atom. The average Bonchev–Trinajstić information content (AvgIpc) is 3.20. The number of aryl methyl sites for hydroxylation is 1. The number of amides is 2. The van der Waals surface area contributed by atoms with E-state index in [0.717, 1.165) is 5.56 Å². The van der Waals surface area contributed by atoms with Crippen molar-refractivity contribution in [2.45, 2.75) is 6.92 Å². The first kappa shape index (κ1) is 20.0. The van der Waals surface area contributed by atoms with E-state index in [0.29, 0.717) is 16.9 Å². The van der Waals surface area contributed by atoms with Gasteiger partial charge in [0.2, 0.25) is 0 Å². The summed E-state index contributed by atoms with van der Waals surface area (Å²) >= 11 is 0. The van der Waals surface area contributed by atoms with Gasteiger partial charge in [-0.25, -0.2) is 9.07 Å². The molecule has 0 unspecified atom stereocenters. The maximum absolute atomic E-state index is 13.2. The molecule has 3 aromatic carbocycles. The first-order valence-electron chi connectivity index (χ1n) is 9.60. The van der Waals surface area contributed by atoms with Gasteiger partial charge in [-0.05, 0) is 55.0 Å². The first-order chi connectivity index (χ1) is 15.0. The van der Waals surface area contributed by atoms with Crippen molar-refractivity contribution in [3.63, 3.8) is 0 Å².